The van der Waals surface area contributed by atoms with Crippen molar-refractivity contribution in [3.8, 4) is 0 Å². The van der Waals surface area contributed by atoms with Gasteiger partial charge in [-0.05, 0) is 30.0 Å². The maximum Gasteiger partial charge on any atom is 0.0689 e. The summed E-state index contributed by atoms with van der Waals surface area (Å²) in [6.07, 6.45) is 0.420. The number of hydrogen-bond donors (Lipinski definition) is 2. The quantitative estimate of drug-likeness (QED) is 0.846. The Bertz CT molecular complexity index is 454. The lowest BCUT2D eigenvalue weighted by Crippen LogP contribution is -2.33. The van der Waals surface area contributed by atoms with Gasteiger partial charge in [0.25, 0.3) is 0 Å². The summed E-state index contributed by atoms with van der Waals surface area (Å²) in [4.78, 5) is 0. The van der Waals surface area contributed by atoms with E-state index >= 15 is 0 Å². The van der Waals surface area contributed by atoms with Gasteiger partial charge in [-0.3, -0.25) is 0 Å². The van der Waals surface area contributed by atoms with Crippen LogP contribution >= 0.6 is 0 Å². The van der Waals surface area contributed by atoms with E-state index in [0.29, 0.717) is 6.54 Å². The maximum atomic E-state index is 10.8. The van der Waals surface area contributed by atoms with Crippen LogP contribution in [0, 0.1) is 5.92 Å². The SMILES string of the molecule is CCC(CN)C(O)C(c1ccccc1)c1ccccc1. The molecule has 0 saturated heterocycles. The van der Waals surface area contributed by atoms with Crippen molar-refractivity contribution in [3.05, 3.63) is 71.8 Å². The molecule has 0 aliphatic rings. The van der Waals surface area contributed by atoms with E-state index in [4.69, 9.17) is 5.73 Å². The summed E-state index contributed by atoms with van der Waals surface area (Å²) in [5.41, 5.74) is 8.09. The Kier molecular flexibility index (Phi) is 5.33. The standard InChI is InChI=1S/C18H23NO/c1-2-14(13-19)18(20)17(15-9-5-3-6-10-15)16-11-7-4-8-12-16/h3-12,14,17-18,20H,2,13,19H2,1H3. The summed E-state index contributed by atoms with van der Waals surface area (Å²) in [5, 5.41) is 10.8. The second kappa shape index (κ2) is 7.22. The molecule has 0 aromatic heterocycles. The summed E-state index contributed by atoms with van der Waals surface area (Å²) >= 11 is 0. The zero-order valence-corrected chi connectivity index (χ0v) is 11.9. The van der Waals surface area contributed by atoms with Crippen LogP contribution in [-0.4, -0.2) is 17.8 Å². The molecule has 0 saturated carbocycles. The van der Waals surface area contributed by atoms with Crippen molar-refractivity contribution in [2.75, 3.05) is 6.54 Å². The molecule has 2 aromatic rings. The number of benzene rings is 2. The molecule has 20 heavy (non-hydrogen) atoms. The molecular weight excluding hydrogens is 246 g/mol. The first-order valence-corrected chi connectivity index (χ1v) is 7.26. The minimum absolute atomic E-state index is 0.0223. The Morgan fingerprint density at radius 2 is 1.35 bits per heavy atom. The Labute approximate surface area is 121 Å². The lowest BCUT2D eigenvalue weighted by molar-refractivity contribution is 0.0932. The number of rotatable bonds is 6. The van der Waals surface area contributed by atoms with Crippen molar-refractivity contribution in [3.63, 3.8) is 0 Å². The Hall–Kier alpha value is -1.64. The van der Waals surface area contributed by atoms with Gasteiger partial charge >= 0.3 is 0 Å². The second-order valence-electron chi connectivity index (χ2n) is 5.19. The van der Waals surface area contributed by atoms with Gasteiger partial charge in [0.05, 0.1) is 6.10 Å². The first kappa shape index (κ1) is 14.8. The second-order valence-corrected chi connectivity index (χ2v) is 5.19. The van der Waals surface area contributed by atoms with Gasteiger partial charge in [0.2, 0.25) is 0 Å². The number of aliphatic hydroxyl groups is 1. The summed E-state index contributed by atoms with van der Waals surface area (Å²) in [6.45, 7) is 2.58. The third kappa shape index (κ3) is 3.27. The fraction of sp³-hybridized carbons (Fsp3) is 0.333. The van der Waals surface area contributed by atoms with Gasteiger partial charge in [0.1, 0.15) is 0 Å². The molecule has 0 spiro atoms. The van der Waals surface area contributed by atoms with Crippen LogP contribution in [0.15, 0.2) is 60.7 Å². The van der Waals surface area contributed by atoms with Gasteiger partial charge < -0.3 is 10.8 Å². The molecule has 2 unspecified atom stereocenters. The molecule has 0 bridgehead atoms. The van der Waals surface area contributed by atoms with Gasteiger partial charge in [0, 0.05) is 5.92 Å². The molecular formula is C18H23NO. The van der Waals surface area contributed by atoms with E-state index in [2.05, 4.69) is 31.2 Å². The molecule has 0 aliphatic carbocycles. The average molecular weight is 269 g/mol. The number of aliphatic hydroxyl groups excluding tert-OH is 1. The minimum atomic E-state index is -0.463. The van der Waals surface area contributed by atoms with Gasteiger partial charge in [-0.1, -0.05) is 67.6 Å². The van der Waals surface area contributed by atoms with E-state index in [9.17, 15) is 5.11 Å². The van der Waals surface area contributed by atoms with Gasteiger partial charge in [-0.25, -0.2) is 0 Å². The van der Waals surface area contributed by atoms with E-state index in [1.165, 1.54) is 0 Å². The Morgan fingerprint density at radius 1 is 0.900 bits per heavy atom. The van der Waals surface area contributed by atoms with Crippen LogP contribution in [0.1, 0.15) is 30.4 Å². The van der Waals surface area contributed by atoms with Crippen LogP contribution in [0.3, 0.4) is 0 Å². The van der Waals surface area contributed by atoms with Crippen LogP contribution in [0.5, 0.6) is 0 Å². The van der Waals surface area contributed by atoms with Crippen LogP contribution in [0.4, 0.5) is 0 Å². The van der Waals surface area contributed by atoms with Gasteiger partial charge in [-0.15, -0.1) is 0 Å². The van der Waals surface area contributed by atoms with Crippen molar-refractivity contribution in [2.45, 2.75) is 25.4 Å². The fourth-order valence-electron chi connectivity index (χ4n) is 2.73. The van der Waals surface area contributed by atoms with Gasteiger partial charge in [0.15, 0.2) is 0 Å². The summed E-state index contributed by atoms with van der Waals surface area (Å²) in [5.74, 6) is 0.0892. The normalized spacial score (nSPS) is 14.2. The van der Waals surface area contributed by atoms with Crippen molar-refractivity contribution >= 4 is 0 Å². The summed E-state index contributed by atoms with van der Waals surface area (Å²) in [7, 11) is 0. The highest BCUT2D eigenvalue weighted by atomic mass is 16.3. The van der Waals surface area contributed by atoms with Crippen molar-refractivity contribution in [1.82, 2.24) is 0 Å². The van der Waals surface area contributed by atoms with Crippen LogP contribution in [-0.2, 0) is 0 Å². The predicted octanol–water partition coefficient (Wildman–Crippen LogP) is 3.16. The topological polar surface area (TPSA) is 46.2 Å². The highest BCUT2D eigenvalue weighted by molar-refractivity contribution is 5.34. The van der Waals surface area contributed by atoms with Crippen molar-refractivity contribution < 1.29 is 5.11 Å². The molecule has 0 radical (unpaired) electrons. The molecule has 2 heteroatoms. The molecule has 3 N–H and O–H groups in total. The van der Waals surface area contributed by atoms with E-state index in [-0.39, 0.29) is 11.8 Å². The van der Waals surface area contributed by atoms with Gasteiger partial charge in [-0.2, -0.15) is 0 Å². The summed E-state index contributed by atoms with van der Waals surface area (Å²) in [6, 6.07) is 20.4. The third-order valence-corrected chi connectivity index (χ3v) is 3.97. The van der Waals surface area contributed by atoms with E-state index in [1.807, 2.05) is 36.4 Å². The molecule has 2 nitrogen and oxygen atoms in total. The third-order valence-electron chi connectivity index (χ3n) is 3.97. The number of hydrogen-bond acceptors (Lipinski definition) is 2. The molecule has 106 valence electrons. The van der Waals surface area contributed by atoms with E-state index in [0.717, 1.165) is 17.5 Å². The van der Waals surface area contributed by atoms with Crippen LogP contribution < -0.4 is 5.73 Å². The molecule has 2 aromatic carbocycles. The predicted molar refractivity (Wildman–Crippen MR) is 83.6 cm³/mol. The average Bonchev–Trinajstić information content (AvgIpc) is 2.51. The fourth-order valence-corrected chi connectivity index (χ4v) is 2.73. The maximum absolute atomic E-state index is 10.8. The first-order chi connectivity index (χ1) is 9.77. The zero-order valence-electron chi connectivity index (χ0n) is 11.9. The van der Waals surface area contributed by atoms with Crippen LogP contribution in [0.2, 0.25) is 0 Å². The monoisotopic (exact) mass is 269 g/mol. The lowest BCUT2D eigenvalue weighted by Gasteiger charge is -2.29. The van der Waals surface area contributed by atoms with E-state index < -0.39 is 6.10 Å². The Balaban J connectivity index is 2.40. The molecule has 2 rings (SSSR count). The number of nitrogens with two attached hydrogens (primary N) is 1. The lowest BCUT2D eigenvalue weighted by atomic mass is 9.80. The van der Waals surface area contributed by atoms with Crippen molar-refractivity contribution in [1.29, 1.82) is 0 Å². The van der Waals surface area contributed by atoms with Crippen molar-refractivity contribution in [2.24, 2.45) is 11.7 Å². The zero-order chi connectivity index (χ0) is 14.4. The van der Waals surface area contributed by atoms with E-state index in [1.54, 1.807) is 0 Å². The molecule has 2 atom stereocenters. The molecule has 0 heterocycles. The van der Waals surface area contributed by atoms with Crippen LogP contribution in [0.25, 0.3) is 0 Å². The highest BCUT2D eigenvalue weighted by Crippen LogP contribution is 2.32. The first-order valence-electron chi connectivity index (χ1n) is 7.26. The minimum Gasteiger partial charge on any atom is -0.392 e. The summed E-state index contributed by atoms with van der Waals surface area (Å²) < 4.78 is 0. The Morgan fingerprint density at radius 3 is 1.70 bits per heavy atom. The molecule has 0 amide bonds. The molecule has 0 aliphatic heterocycles. The molecule has 0 fully saturated rings. The smallest absolute Gasteiger partial charge is 0.0689 e. The largest absolute Gasteiger partial charge is 0.392 e. The highest BCUT2D eigenvalue weighted by Gasteiger charge is 2.28.